The van der Waals surface area contributed by atoms with Crippen LogP contribution in [0, 0.1) is 24.7 Å². The first-order valence-corrected chi connectivity index (χ1v) is 6.55. The van der Waals surface area contributed by atoms with Gasteiger partial charge in [-0.05, 0) is 6.42 Å². The van der Waals surface area contributed by atoms with Crippen molar-refractivity contribution in [2.24, 2.45) is 0 Å². The molecule has 0 bridgehead atoms. The molecule has 90 valence electrons. The van der Waals surface area contributed by atoms with Crippen molar-refractivity contribution in [1.82, 2.24) is 0 Å². The highest BCUT2D eigenvalue weighted by Crippen LogP contribution is 2.45. The second kappa shape index (κ2) is 6.74. The molecule has 0 aliphatic carbocycles. The molecule has 0 saturated carbocycles. The van der Waals surface area contributed by atoms with Crippen molar-refractivity contribution >= 4 is 7.82 Å². The van der Waals surface area contributed by atoms with Crippen LogP contribution in [-0.2, 0) is 9.09 Å². The Kier molecular flexibility index (Phi) is 6.41. The minimum Gasteiger partial charge on any atom is -0.303 e. The van der Waals surface area contributed by atoms with E-state index in [1.807, 2.05) is 6.92 Å². The van der Waals surface area contributed by atoms with Gasteiger partial charge in [-0.25, -0.2) is 4.57 Å². The van der Waals surface area contributed by atoms with Crippen LogP contribution in [0.5, 0.6) is 0 Å². The van der Waals surface area contributed by atoms with Gasteiger partial charge in [-0.1, -0.05) is 19.8 Å². The molecule has 0 heterocycles. The van der Waals surface area contributed by atoms with Gasteiger partial charge in [0.15, 0.2) is 0 Å². The van der Waals surface area contributed by atoms with Gasteiger partial charge in [0, 0.05) is 12.8 Å². The van der Waals surface area contributed by atoms with Gasteiger partial charge in [0.2, 0.25) is 0 Å². The van der Waals surface area contributed by atoms with Gasteiger partial charge in [0.25, 0.3) is 0 Å². The molecular weight excluding hydrogens is 227 g/mol. The van der Waals surface area contributed by atoms with Gasteiger partial charge in [0.1, 0.15) is 5.60 Å². The summed E-state index contributed by atoms with van der Waals surface area (Å²) in [4.78, 5) is 17.7. The Hall–Kier alpha value is -0.770. The van der Waals surface area contributed by atoms with Crippen molar-refractivity contribution in [3.05, 3.63) is 0 Å². The lowest BCUT2D eigenvalue weighted by atomic mass is 9.90. The smallest absolute Gasteiger partial charge is 0.303 e. The third-order valence-corrected chi connectivity index (χ3v) is 2.77. The lowest BCUT2D eigenvalue weighted by molar-refractivity contribution is 0.0326. The number of rotatable bonds is 7. The number of phosphoric ester groups is 1. The largest absolute Gasteiger partial charge is 0.470 e. The Bertz CT molecular complexity index is 315. The molecule has 0 atom stereocenters. The molecule has 5 heteroatoms. The summed E-state index contributed by atoms with van der Waals surface area (Å²) in [5.41, 5.74) is -1.10. The van der Waals surface area contributed by atoms with Crippen LogP contribution < -0.4 is 0 Å². The minimum absolute atomic E-state index is 0.0995. The van der Waals surface area contributed by atoms with Gasteiger partial charge >= 0.3 is 7.82 Å². The van der Waals surface area contributed by atoms with E-state index in [2.05, 4.69) is 11.8 Å². The Morgan fingerprint density at radius 2 is 1.81 bits per heavy atom. The van der Waals surface area contributed by atoms with Crippen LogP contribution in [0.15, 0.2) is 0 Å². The fourth-order valence-corrected chi connectivity index (χ4v) is 2.20. The second-order valence-corrected chi connectivity index (χ2v) is 4.79. The highest BCUT2D eigenvalue weighted by Gasteiger charge is 2.36. The zero-order valence-corrected chi connectivity index (χ0v) is 10.2. The second-order valence-electron chi connectivity index (χ2n) is 3.63. The number of unbranched alkanes of at least 4 members (excludes halogenated alkanes) is 1. The molecule has 16 heavy (non-hydrogen) atoms. The summed E-state index contributed by atoms with van der Waals surface area (Å²) < 4.78 is 15.7. The van der Waals surface area contributed by atoms with Crippen LogP contribution in [-0.4, -0.2) is 15.4 Å². The minimum atomic E-state index is -4.58. The maximum absolute atomic E-state index is 10.9. The predicted octanol–water partition coefficient (Wildman–Crippen LogP) is 2.07. The third-order valence-electron chi connectivity index (χ3n) is 2.15. The zero-order valence-electron chi connectivity index (χ0n) is 9.35. The van der Waals surface area contributed by atoms with Crippen LogP contribution >= 0.6 is 7.82 Å². The van der Waals surface area contributed by atoms with Crippen molar-refractivity contribution in [1.29, 1.82) is 0 Å². The molecular formula is C11H17O4P. The summed E-state index contributed by atoms with van der Waals surface area (Å²) >= 11 is 0. The van der Waals surface area contributed by atoms with Crippen LogP contribution in [0.3, 0.4) is 0 Å². The maximum atomic E-state index is 10.9. The van der Waals surface area contributed by atoms with Crippen LogP contribution in [0.4, 0.5) is 0 Å². The van der Waals surface area contributed by atoms with Crippen LogP contribution in [0.2, 0.25) is 0 Å². The fourth-order valence-electron chi connectivity index (χ4n) is 1.47. The summed E-state index contributed by atoms with van der Waals surface area (Å²) in [5, 5.41) is 0. The molecule has 0 aliphatic rings. The molecule has 0 aromatic rings. The Morgan fingerprint density at radius 3 is 2.12 bits per heavy atom. The normalized spacial score (nSPS) is 11.8. The van der Waals surface area contributed by atoms with Crippen molar-refractivity contribution in [3.8, 4) is 24.7 Å². The third kappa shape index (κ3) is 5.95. The summed E-state index contributed by atoms with van der Waals surface area (Å²) in [6.07, 6.45) is 12.6. The highest BCUT2D eigenvalue weighted by atomic mass is 31.2. The molecule has 0 rings (SSSR count). The van der Waals surface area contributed by atoms with Crippen molar-refractivity contribution in [2.45, 2.75) is 44.6 Å². The van der Waals surface area contributed by atoms with Crippen LogP contribution in [0.25, 0.3) is 0 Å². The van der Waals surface area contributed by atoms with Crippen molar-refractivity contribution in [3.63, 3.8) is 0 Å². The van der Waals surface area contributed by atoms with E-state index in [0.717, 1.165) is 12.8 Å². The molecule has 0 spiro atoms. The molecule has 0 aliphatic heterocycles. The van der Waals surface area contributed by atoms with E-state index in [-0.39, 0.29) is 12.8 Å². The predicted molar refractivity (Wildman–Crippen MR) is 62.3 cm³/mol. The van der Waals surface area contributed by atoms with E-state index < -0.39 is 13.4 Å². The lowest BCUT2D eigenvalue weighted by Gasteiger charge is -2.30. The molecule has 4 nitrogen and oxygen atoms in total. The number of terminal acetylenes is 2. The molecule has 0 amide bonds. The SMILES string of the molecule is C#CCC(CC#C)(CCCC)OP(=O)(O)O. The van der Waals surface area contributed by atoms with E-state index in [1.54, 1.807) is 0 Å². The summed E-state index contributed by atoms with van der Waals surface area (Å²) in [5.74, 6) is 4.72. The maximum Gasteiger partial charge on any atom is 0.470 e. The van der Waals surface area contributed by atoms with E-state index in [9.17, 15) is 4.57 Å². The first-order chi connectivity index (χ1) is 7.39. The Labute approximate surface area is 96.6 Å². The molecule has 0 unspecified atom stereocenters. The molecule has 0 saturated heterocycles. The van der Waals surface area contributed by atoms with Gasteiger partial charge in [-0.15, -0.1) is 24.7 Å². The monoisotopic (exact) mass is 244 g/mol. The van der Waals surface area contributed by atoms with Gasteiger partial charge in [0.05, 0.1) is 0 Å². The molecule has 2 N–H and O–H groups in total. The zero-order chi connectivity index (χ0) is 12.7. The van der Waals surface area contributed by atoms with E-state index >= 15 is 0 Å². The number of phosphoric acid groups is 1. The van der Waals surface area contributed by atoms with Gasteiger partial charge < -0.3 is 9.79 Å². The first kappa shape index (κ1) is 15.2. The topological polar surface area (TPSA) is 66.8 Å². The van der Waals surface area contributed by atoms with E-state index in [0.29, 0.717) is 6.42 Å². The first-order valence-electron chi connectivity index (χ1n) is 5.02. The average Bonchev–Trinajstić information content (AvgIpc) is 2.13. The molecule has 0 aromatic heterocycles. The molecule has 0 radical (unpaired) electrons. The van der Waals surface area contributed by atoms with Crippen molar-refractivity contribution < 1.29 is 18.9 Å². The fraction of sp³-hybridized carbons (Fsp3) is 0.636. The quantitative estimate of drug-likeness (QED) is 0.531. The van der Waals surface area contributed by atoms with Crippen molar-refractivity contribution in [2.75, 3.05) is 0 Å². The Balaban J connectivity index is 4.87. The van der Waals surface area contributed by atoms with Crippen LogP contribution in [0.1, 0.15) is 39.0 Å². The summed E-state index contributed by atoms with van der Waals surface area (Å²) in [7, 11) is -4.58. The Morgan fingerprint density at radius 1 is 1.31 bits per heavy atom. The molecule has 0 fully saturated rings. The van der Waals surface area contributed by atoms with E-state index in [4.69, 9.17) is 27.2 Å². The highest BCUT2D eigenvalue weighted by molar-refractivity contribution is 7.46. The van der Waals surface area contributed by atoms with Gasteiger partial charge in [-0.3, -0.25) is 4.52 Å². The summed E-state index contributed by atoms with van der Waals surface area (Å²) in [6, 6.07) is 0. The standard InChI is InChI=1S/C11H17O4P/c1-4-7-10-11(8-5-2,9-6-3)15-16(12,13)14/h2-3H,4,7-10H2,1H3,(H2,12,13,14). The summed E-state index contributed by atoms with van der Waals surface area (Å²) in [6.45, 7) is 1.97. The number of hydrogen-bond acceptors (Lipinski definition) is 2. The van der Waals surface area contributed by atoms with E-state index in [1.165, 1.54) is 0 Å². The average molecular weight is 244 g/mol. The lowest BCUT2D eigenvalue weighted by Crippen LogP contribution is -2.30. The van der Waals surface area contributed by atoms with Gasteiger partial charge in [-0.2, -0.15) is 0 Å². The molecule has 0 aromatic carbocycles. The number of hydrogen-bond donors (Lipinski definition) is 2.